The van der Waals surface area contributed by atoms with Gasteiger partial charge in [-0.05, 0) is 106 Å². The van der Waals surface area contributed by atoms with E-state index in [2.05, 4.69) is 109 Å². The fourth-order valence-electron chi connectivity index (χ4n) is 6.52. The average Bonchev–Trinajstić information content (AvgIpc) is 3.03. The van der Waals surface area contributed by atoms with Crippen molar-refractivity contribution < 1.29 is 38.9 Å². The molecule has 12 heteroatoms. The van der Waals surface area contributed by atoms with Crippen LogP contribution < -0.4 is 28.5 Å². The lowest BCUT2D eigenvalue weighted by molar-refractivity contribution is 0.0285. The molecule has 294 valence electrons. The summed E-state index contributed by atoms with van der Waals surface area (Å²) in [6.07, 6.45) is 0. The van der Waals surface area contributed by atoms with Gasteiger partial charge in [-0.1, -0.05) is 95.2 Å². The Kier molecular flexibility index (Phi) is 13.0. The van der Waals surface area contributed by atoms with Gasteiger partial charge in [0.2, 0.25) is 0 Å². The summed E-state index contributed by atoms with van der Waals surface area (Å²) in [4.78, 5) is 0. The van der Waals surface area contributed by atoms with E-state index in [1.807, 2.05) is 0 Å². The fraction of sp³-hybridized carbons (Fsp3) is 0.429. The summed E-state index contributed by atoms with van der Waals surface area (Å²) in [5, 5.41) is 37.7. The third-order valence-corrected chi connectivity index (χ3v) is 10.5. The molecule has 0 heterocycles. The number of hydrogen-bond donors (Lipinski definition) is 4. The molecule has 0 bridgehead atoms. The van der Waals surface area contributed by atoms with E-state index >= 15 is 0 Å². The molecule has 0 aliphatic heterocycles. The molecule has 0 aliphatic carbocycles. The molecular formula is C42H58N2O8P2. The van der Waals surface area contributed by atoms with Crippen molar-refractivity contribution in [1.29, 1.82) is 0 Å². The molecule has 4 aromatic carbocycles. The van der Waals surface area contributed by atoms with Crippen LogP contribution in [0.5, 0.6) is 23.0 Å². The topological polar surface area (TPSA) is 124 Å². The van der Waals surface area contributed by atoms with Crippen LogP contribution in [0.1, 0.15) is 116 Å². The van der Waals surface area contributed by atoms with Gasteiger partial charge in [0.15, 0.2) is 0 Å². The standard InChI is InChI=1S/C42H58N2O8P2/c1-25-31(39(3,4)5)23-33(41(9,10)11)37(51-53-49-29-19-15-27(16-20-29)43(45)46)35(25)36-26(2)32(40(6,7)8)24-34(42(12,13)14)38(36)52-54-50-30-21-17-28(18-22-30)44(47)48/h15-24,45-48,53-54H,1-14H3. The minimum atomic E-state index is -0.421. The molecule has 4 N–H and O–H groups in total. The third kappa shape index (κ3) is 9.97. The van der Waals surface area contributed by atoms with Gasteiger partial charge in [0.25, 0.3) is 18.1 Å². The van der Waals surface area contributed by atoms with E-state index < -0.39 is 18.1 Å². The van der Waals surface area contributed by atoms with Crippen molar-refractivity contribution in [2.75, 3.05) is 10.5 Å². The normalized spacial score (nSPS) is 12.9. The van der Waals surface area contributed by atoms with Crippen LogP contribution in [0, 0.1) is 13.8 Å². The first-order chi connectivity index (χ1) is 24.8. The van der Waals surface area contributed by atoms with E-state index in [4.69, 9.17) is 18.1 Å². The van der Waals surface area contributed by atoms with Crippen molar-refractivity contribution in [3.05, 3.63) is 94.0 Å². The monoisotopic (exact) mass is 780 g/mol. The highest BCUT2D eigenvalue weighted by atomic mass is 31.1. The Balaban J connectivity index is 2.02. The number of nitrogens with zero attached hydrogens (tertiary/aromatic N) is 2. The molecule has 0 saturated carbocycles. The first kappa shape index (κ1) is 43.1. The molecule has 0 radical (unpaired) electrons. The van der Waals surface area contributed by atoms with E-state index in [-0.39, 0.29) is 43.5 Å². The van der Waals surface area contributed by atoms with E-state index in [9.17, 15) is 20.8 Å². The SMILES string of the molecule is Cc1c(C(C)(C)C)cc(C(C)(C)C)c(OPOc2ccc(N(O)O)cc2)c1-c1c(C)c(C(C)(C)C)cc(C(C)(C)C)c1OPOc1ccc(N(O)O)cc1. The Labute approximate surface area is 324 Å². The molecule has 0 aromatic heterocycles. The smallest absolute Gasteiger partial charge is 0.275 e. The second kappa shape index (κ2) is 16.2. The van der Waals surface area contributed by atoms with Crippen molar-refractivity contribution in [2.45, 2.75) is 119 Å². The van der Waals surface area contributed by atoms with Crippen molar-refractivity contribution in [2.24, 2.45) is 0 Å². The summed E-state index contributed by atoms with van der Waals surface area (Å²) in [5.41, 5.74) is 7.79. The zero-order valence-electron chi connectivity index (χ0n) is 34.1. The van der Waals surface area contributed by atoms with Gasteiger partial charge in [0, 0.05) is 22.3 Å². The van der Waals surface area contributed by atoms with Gasteiger partial charge in [0.05, 0.1) is 11.4 Å². The lowest BCUT2D eigenvalue weighted by Crippen LogP contribution is -2.22. The van der Waals surface area contributed by atoms with E-state index in [0.29, 0.717) is 23.0 Å². The number of hydrogen-bond acceptors (Lipinski definition) is 10. The van der Waals surface area contributed by atoms with Crippen molar-refractivity contribution in [1.82, 2.24) is 0 Å². The minimum Gasteiger partial charge on any atom is -0.441 e. The van der Waals surface area contributed by atoms with Gasteiger partial charge < -0.3 is 18.1 Å². The van der Waals surface area contributed by atoms with Crippen LogP contribution in [0.2, 0.25) is 0 Å². The first-order valence-electron chi connectivity index (χ1n) is 17.9. The summed E-state index contributed by atoms with van der Waals surface area (Å²) >= 11 is 0. The van der Waals surface area contributed by atoms with Crippen molar-refractivity contribution >= 4 is 29.4 Å². The molecular weight excluding hydrogens is 722 g/mol. The molecule has 54 heavy (non-hydrogen) atoms. The van der Waals surface area contributed by atoms with Crippen LogP contribution in [0.4, 0.5) is 11.4 Å². The summed E-state index contributed by atoms with van der Waals surface area (Å²) in [6.45, 7) is 30.8. The lowest BCUT2D eigenvalue weighted by Gasteiger charge is -2.35. The lowest BCUT2D eigenvalue weighted by atomic mass is 9.72. The van der Waals surface area contributed by atoms with Gasteiger partial charge in [-0.15, -0.1) is 10.5 Å². The van der Waals surface area contributed by atoms with Crippen LogP contribution in [0.15, 0.2) is 60.7 Å². The number of benzene rings is 4. The molecule has 0 saturated heterocycles. The fourth-order valence-corrected chi connectivity index (χ4v) is 7.66. The molecule has 4 rings (SSSR count). The Morgan fingerprint density at radius 2 is 0.704 bits per heavy atom. The van der Waals surface area contributed by atoms with E-state index in [0.717, 1.165) is 33.4 Å². The maximum atomic E-state index is 9.40. The molecule has 0 amide bonds. The zero-order valence-corrected chi connectivity index (χ0v) is 36.1. The molecule has 4 aromatic rings. The Bertz CT molecular complexity index is 1780. The number of rotatable bonds is 11. The predicted octanol–water partition coefficient (Wildman–Crippen LogP) is 12.3. The van der Waals surface area contributed by atoms with Crippen molar-refractivity contribution in [3.8, 4) is 34.1 Å². The average molecular weight is 781 g/mol. The molecule has 0 aliphatic rings. The van der Waals surface area contributed by atoms with Gasteiger partial charge >= 0.3 is 0 Å². The van der Waals surface area contributed by atoms with Crippen molar-refractivity contribution in [3.63, 3.8) is 0 Å². The second-order valence-corrected chi connectivity index (χ2v) is 18.9. The largest absolute Gasteiger partial charge is 0.441 e. The summed E-state index contributed by atoms with van der Waals surface area (Å²) in [6, 6.07) is 17.3. The van der Waals surface area contributed by atoms with E-state index in [1.54, 1.807) is 24.3 Å². The highest BCUT2D eigenvalue weighted by molar-refractivity contribution is 7.27. The highest BCUT2D eigenvalue weighted by Gasteiger charge is 2.35. The van der Waals surface area contributed by atoms with Gasteiger partial charge in [-0.3, -0.25) is 20.8 Å². The summed E-state index contributed by atoms with van der Waals surface area (Å²) in [5.74, 6) is 2.44. The Morgan fingerprint density at radius 3 is 0.944 bits per heavy atom. The van der Waals surface area contributed by atoms with Crippen LogP contribution in [-0.2, 0) is 21.7 Å². The van der Waals surface area contributed by atoms with Crippen LogP contribution in [-0.4, -0.2) is 20.8 Å². The minimum absolute atomic E-state index is 0.0612. The first-order valence-corrected chi connectivity index (χ1v) is 19.6. The molecule has 0 spiro atoms. The third-order valence-electron chi connectivity index (χ3n) is 9.30. The van der Waals surface area contributed by atoms with Crippen LogP contribution in [0.3, 0.4) is 0 Å². The second-order valence-electron chi connectivity index (χ2n) is 17.7. The van der Waals surface area contributed by atoms with Gasteiger partial charge in [-0.2, -0.15) is 0 Å². The Morgan fingerprint density at radius 1 is 0.426 bits per heavy atom. The van der Waals surface area contributed by atoms with Crippen LogP contribution in [0.25, 0.3) is 11.1 Å². The predicted molar refractivity (Wildman–Crippen MR) is 220 cm³/mol. The van der Waals surface area contributed by atoms with Gasteiger partial charge in [0.1, 0.15) is 23.0 Å². The molecule has 10 nitrogen and oxygen atoms in total. The molecule has 2 unspecified atom stereocenters. The number of anilines is 2. The molecule has 0 fully saturated rings. The maximum Gasteiger partial charge on any atom is 0.275 e. The van der Waals surface area contributed by atoms with Crippen LogP contribution >= 0.6 is 18.1 Å². The highest BCUT2D eigenvalue weighted by Crippen LogP contribution is 2.54. The maximum absolute atomic E-state index is 9.40. The summed E-state index contributed by atoms with van der Waals surface area (Å²) in [7, 11) is -0.842. The van der Waals surface area contributed by atoms with Gasteiger partial charge in [-0.25, -0.2) is 0 Å². The quantitative estimate of drug-likeness (QED) is 0.0863. The zero-order chi connectivity index (χ0) is 40.6. The Hall–Kier alpha value is -3.62. The van der Waals surface area contributed by atoms with E-state index in [1.165, 1.54) is 35.4 Å². The summed E-state index contributed by atoms with van der Waals surface area (Å²) < 4.78 is 25.9. The molecule has 2 atom stereocenters.